The average molecular weight is 284 g/mol. The number of aryl methyl sites for hydroxylation is 1. The number of amides is 2. The molecule has 1 aromatic carbocycles. The molecule has 0 aromatic heterocycles. The number of benzene rings is 1. The molecule has 21 heavy (non-hydrogen) atoms. The molecule has 1 N–H and O–H groups in total. The highest BCUT2D eigenvalue weighted by Gasteiger charge is 2.60. The highest BCUT2D eigenvalue weighted by atomic mass is 16.5. The second kappa shape index (κ2) is 4.43. The molecule has 2 bridgehead atoms. The zero-order chi connectivity index (χ0) is 14.6. The first kappa shape index (κ1) is 12.6. The van der Waals surface area contributed by atoms with Crippen molar-refractivity contribution >= 4 is 17.5 Å². The van der Waals surface area contributed by atoms with Crippen LogP contribution < -0.4 is 5.32 Å². The number of nitrogens with one attached hydrogen (secondary N) is 1. The van der Waals surface area contributed by atoms with Crippen LogP contribution in [-0.2, 0) is 14.3 Å². The molecule has 2 fully saturated rings. The summed E-state index contributed by atoms with van der Waals surface area (Å²) in [6, 6.07) is 7.81. The fraction of sp³-hybridized carbons (Fsp3) is 0.375. The van der Waals surface area contributed by atoms with Gasteiger partial charge in [0.25, 0.3) is 0 Å². The SMILES string of the molecule is Cc1ccccc1NCN1C(=O)[C@@H]2C3C=CC(O3)[C@H]2C1=O. The lowest BCUT2D eigenvalue weighted by molar-refractivity contribution is -0.141. The second-order valence-corrected chi connectivity index (χ2v) is 5.76. The predicted molar refractivity (Wildman–Crippen MR) is 76.3 cm³/mol. The molecule has 4 atom stereocenters. The quantitative estimate of drug-likeness (QED) is 0.671. The molecule has 3 aliphatic heterocycles. The van der Waals surface area contributed by atoms with Gasteiger partial charge in [0.05, 0.1) is 30.7 Å². The Kier molecular flexibility index (Phi) is 2.65. The first-order valence-corrected chi connectivity index (χ1v) is 7.15. The smallest absolute Gasteiger partial charge is 0.237 e. The topological polar surface area (TPSA) is 58.6 Å². The number of likely N-dealkylation sites (tertiary alicyclic amines) is 1. The maximum Gasteiger partial charge on any atom is 0.237 e. The van der Waals surface area contributed by atoms with Crippen molar-refractivity contribution in [1.29, 1.82) is 0 Å². The van der Waals surface area contributed by atoms with Gasteiger partial charge in [-0.05, 0) is 18.6 Å². The minimum Gasteiger partial charge on any atom is -0.367 e. The number of fused-ring (bicyclic) bond motifs is 5. The summed E-state index contributed by atoms with van der Waals surface area (Å²) in [5.41, 5.74) is 2.02. The molecule has 108 valence electrons. The lowest BCUT2D eigenvalue weighted by Crippen LogP contribution is -2.38. The molecule has 0 spiro atoms. The van der Waals surface area contributed by atoms with Gasteiger partial charge < -0.3 is 10.1 Å². The van der Waals surface area contributed by atoms with Gasteiger partial charge in [-0.25, -0.2) is 0 Å². The van der Waals surface area contributed by atoms with Gasteiger partial charge in [-0.1, -0.05) is 30.4 Å². The van der Waals surface area contributed by atoms with E-state index >= 15 is 0 Å². The average Bonchev–Trinajstić information content (AvgIpc) is 3.14. The summed E-state index contributed by atoms with van der Waals surface area (Å²) >= 11 is 0. The van der Waals surface area contributed by atoms with E-state index in [1.807, 2.05) is 43.3 Å². The van der Waals surface area contributed by atoms with Gasteiger partial charge in [-0.2, -0.15) is 0 Å². The number of nitrogens with zero attached hydrogens (tertiary/aromatic N) is 1. The molecule has 4 rings (SSSR count). The summed E-state index contributed by atoms with van der Waals surface area (Å²) in [5.74, 6) is -0.900. The molecule has 0 aliphatic carbocycles. The maximum absolute atomic E-state index is 12.4. The van der Waals surface area contributed by atoms with Crippen LogP contribution in [0.4, 0.5) is 5.69 Å². The third-order valence-electron chi connectivity index (χ3n) is 4.57. The third-order valence-corrected chi connectivity index (χ3v) is 4.57. The second-order valence-electron chi connectivity index (χ2n) is 5.76. The Labute approximate surface area is 122 Å². The van der Waals surface area contributed by atoms with E-state index in [4.69, 9.17) is 4.74 Å². The molecule has 3 heterocycles. The summed E-state index contributed by atoms with van der Waals surface area (Å²) in [6.07, 6.45) is 3.35. The fourth-order valence-corrected chi connectivity index (χ4v) is 3.46. The van der Waals surface area contributed by atoms with E-state index in [0.717, 1.165) is 11.3 Å². The number of imide groups is 1. The Hall–Kier alpha value is -2.14. The van der Waals surface area contributed by atoms with Crippen molar-refractivity contribution in [3.05, 3.63) is 42.0 Å². The number of para-hydroxylation sites is 1. The van der Waals surface area contributed by atoms with E-state index in [1.165, 1.54) is 4.90 Å². The number of hydrogen-bond acceptors (Lipinski definition) is 4. The van der Waals surface area contributed by atoms with Gasteiger partial charge in [0.2, 0.25) is 11.8 Å². The highest BCUT2D eigenvalue weighted by Crippen LogP contribution is 2.44. The number of rotatable bonds is 3. The van der Waals surface area contributed by atoms with E-state index in [0.29, 0.717) is 0 Å². The van der Waals surface area contributed by atoms with E-state index in [2.05, 4.69) is 5.32 Å². The van der Waals surface area contributed by atoms with Crippen molar-refractivity contribution < 1.29 is 14.3 Å². The zero-order valence-electron chi connectivity index (χ0n) is 11.7. The first-order valence-electron chi connectivity index (χ1n) is 7.15. The molecule has 5 heteroatoms. The van der Waals surface area contributed by atoms with Gasteiger partial charge in [0.15, 0.2) is 0 Å². The van der Waals surface area contributed by atoms with Crippen LogP contribution in [0.15, 0.2) is 36.4 Å². The lowest BCUT2D eigenvalue weighted by Gasteiger charge is -2.19. The molecule has 0 saturated carbocycles. The van der Waals surface area contributed by atoms with Crippen LogP contribution in [0.2, 0.25) is 0 Å². The number of carbonyl (C=O) groups is 2. The van der Waals surface area contributed by atoms with Gasteiger partial charge in [0.1, 0.15) is 0 Å². The fourth-order valence-electron chi connectivity index (χ4n) is 3.46. The summed E-state index contributed by atoms with van der Waals surface area (Å²) < 4.78 is 5.61. The van der Waals surface area contributed by atoms with Gasteiger partial charge in [-0.3, -0.25) is 14.5 Å². The molecule has 2 unspecified atom stereocenters. The van der Waals surface area contributed by atoms with Crippen LogP contribution >= 0.6 is 0 Å². The normalized spacial score (nSPS) is 32.9. The van der Waals surface area contributed by atoms with Gasteiger partial charge >= 0.3 is 0 Å². The maximum atomic E-state index is 12.4. The Morgan fingerprint density at radius 3 is 2.33 bits per heavy atom. The van der Waals surface area contributed by atoms with Crippen molar-refractivity contribution in [3.63, 3.8) is 0 Å². The highest BCUT2D eigenvalue weighted by molar-refractivity contribution is 6.06. The summed E-state index contributed by atoms with van der Waals surface area (Å²) in [6.45, 7) is 2.21. The Balaban J connectivity index is 1.51. The standard InChI is InChI=1S/C16H16N2O3/c1-9-4-2-3-5-10(9)17-8-18-15(19)13-11-6-7-12(21-11)14(13)16(18)20/h2-7,11-14,17H,8H2,1H3/t11?,12?,13-,14-/m1/s1. The molecule has 3 aliphatic rings. The van der Waals surface area contributed by atoms with Gasteiger partial charge in [0, 0.05) is 5.69 Å². The molecular weight excluding hydrogens is 268 g/mol. The Morgan fingerprint density at radius 1 is 1.10 bits per heavy atom. The largest absolute Gasteiger partial charge is 0.367 e. The van der Waals surface area contributed by atoms with Crippen LogP contribution in [0.25, 0.3) is 0 Å². The van der Waals surface area contributed by atoms with Gasteiger partial charge in [-0.15, -0.1) is 0 Å². The number of anilines is 1. The Morgan fingerprint density at radius 2 is 1.71 bits per heavy atom. The monoisotopic (exact) mass is 284 g/mol. The van der Waals surface area contributed by atoms with E-state index in [-0.39, 0.29) is 42.5 Å². The predicted octanol–water partition coefficient (Wildman–Crippen LogP) is 1.30. The third kappa shape index (κ3) is 1.74. The lowest BCUT2D eigenvalue weighted by atomic mass is 9.85. The van der Waals surface area contributed by atoms with Crippen molar-refractivity contribution in [2.24, 2.45) is 11.8 Å². The van der Waals surface area contributed by atoms with Crippen LogP contribution in [-0.4, -0.2) is 35.6 Å². The Bertz CT molecular complexity index is 625. The first-order chi connectivity index (χ1) is 10.2. The number of hydrogen-bond donors (Lipinski definition) is 1. The van der Waals surface area contributed by atoms with Crippen molar-refractivity contribution in [1.82, 2.24) is 4.90 Å². The molecule has 2 amide bonds. The minimum absolute atomic E-state index is 0.122. The van der Waals surface area contributed by atoms with E-state index in [9.17, 15) is 9.59 Å². The molecule has 5 nitrogen and oxygen atoms in total. The zero-order valence-corrected chi connectivity index (χ0v) is 11.7. The van der Waals surface area contributed by atoms with Crippen molar-refractivity contribution in [2.75, 3.05) is 12.0 Å². The van der Waals surface area contributed by atoms with Crippen molar-refractivity contribution in [3.8, 4) is 0 Å². The van der Waals surface area contributed by atoms with Crippen LogP contribution in [0.1, 0.15) is 5.56 Å². The van der Waals surface area contributed by atoms with Crippen molar-refractivity contribution in [2.45, 2.75) is 19.1 Å². The van der Waals surface area contributed by atoms with E-state index in [1.54, 1.807) is 0 Å². The molecule has 2 saturated heterocycles. The van der Waals surface area contributed by atoms with E-state index < -0.39 is 0 Å². The number of carbonyl (C=O) groups excluding carboxylic acids is 2. The summed E-state index contributed by atoms with van der Waals surface area (Å²) in [5, 5.41) is 3.18. The van der Waals surface area contributed by atoms with Crippen LogP contribution in [0.3, 0.4) is 0 Å². The van der Waals surface area contributed by atoms with Crippen LogP contribution in [0, 0.1) is 18.8 Å². The summed E-state index contributed by atoms with van der Waals surface area (Å²) in [4.78, 5) is 26.2. The van der Waals surface area contributed by atoms with Crippen LogP contribution in [0.5, 0.6) is 0 Å². The molecule has 1 aromatic rings. The number of ether oxygens (including phenoxy) is 1. The molecule has 0 radical (unpaired) electrons. The minimum atomic E-state index is -0.328. The molecular formula is C16H16N2O3. The summed E-state index contributed by atoms with van der Waals surface area (Å²) in [7, 11) is 0.